The molecule has 0 bridgehead atoms. The lowest BCUT2D eigenvalue weighted by Gasteiger charge is -2.09. The van der Waals surface area contributed by atoms with Crippen LogP contribution in [-0.2, 0) is 6.54 Å². The highest BCUT2D eigenvalue weighted by Crippen LogP contribution is 2.24. The number of rotatable bonds is 3. The zero-order valence-electron chi connectivity index (χ0n) is 12.3. The van der Waals surface area contributed by atoms with E-state index in [9.17, 15) is 0 Å². The van der Waals surface area contributed by atoms with E-state index in [4.69, 9.17) is 0 Å². The summed E-state index contributed by atoms with van der Waals surface area (Å²) in [7, 11) is 0. The molecular weight excluding hydrogens is 378 g/mol. The molecule has 106 valence electrons. The molecule has 0 saturated heterocycles. The van der Waals surface area contributed by atoms with Crippen molar-refractivity contribution < 1.29 is 5.32 Å². The second kappa shape index (κ2) is 6.42. The average Bonchev–Trinajstić information content (AvgIpc) is 2.39. The van der Waals surface area contributed by atoms with Gasteiger partial charge in [0.15, 0.2) is 0 Å². The minimum atomic E-state index is 0.968. The number of hydrogen-bond acceptors (Lipinski definition) is 0. The first-order valence-corrected chi connectivity index (χ1v) is 8.32. The highest BCUT2D eigenvalue weighted by Gasteiger charge is 2.07. The second-order valence-corrected chi connectivity index (χ2v) is 7.01. The third-order valence-electron chi connectivity index (χ3n) is 3.53. The number of hydrogen-bond donors (Lipinski definition) is 1. The van der Waals surface area contributed by atoms with Crippen LogP contribution in [0.1, 0.15) is 27.8 Å². The van der Waals surface area contributed by atoms with Crippen molar-refractivity contribution in [2.24, 2.45) is 0 Å². The van der Waals surface area contributed by atoms with Crippen LogP contribution in [0.2, 0.25) is 0 Å². The minimum absolute atomic E-state index is 0.968. The van der Waals surface area contributed by atoms with Crippen molar-refractivity contribution in [2.45, 2.75) is 34.2 Å². The molecule has 2 N–H and O–H groups in total. The largest absolute Gasteiger partial charge is 0.310 e. The lowest BCUT2D eigenvalue weighted by molar-refractivity contribution is -0.588. The number of quaternary nitrogens is 1. The summed E-state index contributed by atoms with van der Waals surface area (Å²) in [5.41, 5.74) is 7.84. The molecule has 2 aromatic carbocycles. The first kappa shape index (κ1) is 15.7. The van der Waals surface area contributed by atoms with Gasteiger partial charge in [-0.1, -0.05) is 31.9 Å². The van der Waals surface area contributed by atoms with Gasteiger partial charge in [0, 0.05) is 26.6 Å². The van der Waals surface area contributed by atoms with Crippen LogP contribution in [-0.4, -0.2) is 0 Å². The fraction of sp³-hybridized carbons (Fsp3) is 0.294. The zero-order valence-corrected chi connectivity index (χ0v) is 15.5. The van der Waals surface area contributed by atoms with Gasteiger partial charge < -0.3 is 5.32 Å². The van der Waals surface area contributed by atoms with Crippen molar-refractivity contribution in [3.63, 3.8) is 0 Å². The van der Waals surface area contributed by atoms with E-state index in [2.05, 4.69) is 89.1 Å². The van der Waals surface area contributed by atoms with Crippen molar-refractivity contribution in [3.05, 3.63) is 61.0 Å². The molecule has 0 spiro atoms. The molecule has 0 unspecified atom stereocenters. The monoisotopic (exact) mass is 396 g/mol. The third-order valence-corrected chi connectivity index (χ3v) is 6.03. The molecular formula is C17H20Br2N+. The van der Waals surface area contributed by atoms with Crippen molar-refractivity contribution in [2.75, 3.05) is 0 Å². The fourth-order valence-corrected chi connectivity index (χ4v) is 2.94. The molecule has 20 heavy (non-hydrogen) atoms. The van der Waals surface area contributed by atoms with Crippen LogP contribution in [0.5, 0.6) is 0 Å². The lowest BCUT2D eigenvalue weighted by Crippen LogP contribution is -2.76. The summed E-state index contributed by atoms with van der Waals surface area (Å²) < 4.78 is 2.43. The molecule has 3 heteroatoms. The van der Waals surface area contributed by atoms with Gasteiger partial charge in [-0.2, -0.15) is 0 Å². The van der Waals surface area contributed by atoms with Crippen LogP contribution >= 0.6 is 31.9 Å². The predicted molar refractivity (Wildman–Crippen MR) is 92.5 cm³/mol. The third kappa shape index (κ3) is 3.51. The Morgan fingerprint density at radius 2 is 1.15 bits per heavy atom. The Hall–Kier alpha value is -0.640. The summed E-state index contributed by atoms with van der Waals surface area (Å²) in [6.45, 7) is 9.54. The molecule has 0 saturated carbocycles. The van der Waals surface area contributed by atoms with Gasteiger partial charge in [0.25, 0.3) is 0 Å². The number of aryl methyl sites for hydroxylation is 4. The average molecular weight is 398 g/mol. The van der Waals surface area contributed by atoms with Gasteiger partial charge in [0.2, 0.25) is 0 Å². The zero-order chi connectivity index (χ0) is 14.9. The highest BCUT2D eigenvalue weighted by molar-refractivity contribution is 9.10. The molecule has 0 amide bonds. The fourth-order valence-electron chi connectivity index (χ4n) is 2.49. The SMILES string of the molecule is Cc1cc(C[NH2+]c2cc(C)c(Br)c(C)c2)cc(C)c1Br. The van der Waals surface area contributed by atoms with Crippen molar-refractivity contribution in [3.8, 4) is 0 Å². The van der Waals surface area contributed by atoms with Crippen molar-refractivity contribution in [1.82, 2.24) is 0 Å². The normalized spacial score (nSPS) is 10.9. The van der Waals surface area contributed by atoms with Crippen LogP contribution in [0.15, 0.2) is 33.2 Å². The van der Waals surface area contributed by atoms with Crippen LogP contribution in [0.4, 0.5) is 5.69 Å². The van der Waals surface area contributed by atoms with Gasteiger partial charge in [0.1, 0.15) is 12.2 Å². The summed E-state index contributed by atoms with van der Waals surface area (Å²) in [5, 5.41) is 2.30. The molecule has 0 radical (unpaired) electrons. The molecule has 1 nitrogen and oxygen atoms in total. The number of nitrogens with two attached hydrogens (primary N) is 1. The van der Waals surface area contributed by atoms with E-state index in [1.807, 2.05) is 0 Å². The van der Waals surface area contributed by atoms with E-state index < -0.39 is 0 Å². The molecule has 0 heterocycles. The van der Waals surface area contributed by atoms with Crippen LogP contribution < -0.4 is 5.32 Å². The summed E-state index contributed by atoms with van der Waals surface area (Å²) in [6.07, 6.45) is 0. The Balaban J connectivity index is 2.17. The Bertz CT molecular complexity index is 544. The Morgan fingerprint density at radius 1 is 0.750 bits per heavy atom. The van der Waals surface area contributed by atoms with Gasteiger partial charge in [-0.25, -0.2) is 0 Å². The first-order valence-electron chi connectivity index (χ1n) is 6.74. The molecule has 2 aromatic rings. The smallest absolute Gasteiger partial charge is 0.130 e. The van der Waals surface area contributed by atoms with E-state index in [0.717, 1.165) is 6.54 Å². The lowest BCUT2D eigenvalue weighted by atomic mass is 10.1. The maximum Gasteiger partial charge on any atom is 0.130 e. The van der Waals surface area contributed by atoms with Gasteiger partial charge in [-0.3, -0.25) is 0 Å². The quantitative estimate of drug-likeness (QED) is 0.713. The number of halogens is 2. The van der Waals surface area contributed by atoms with Crippen molar-refractivity contribution >= 4 is 37.5 Å². The Kier molecular flexibility index (Phi) is 5.05. The van der Waals surface area contributed by atoms with Gasteiger partial charge in [-0.05, 0) is 62.1 Å². The topological polar surface area (TPSA) is 16.6 Å². The van der Waals surface area contributed by atoms with Gasteiger partial charge in [0.05, 0.1) is 0 Å². The van der Waals surface area contributed by atoms with E-state index in [1.165, 1.54) is 42.5 Å². The standard InChI is InChI=1S/C17H19Br2N/c1-10-5-14(6-11(2)16(10)18)9-20-15-7-12(3)17(19)13(4)8-15/h5-8,20H,9H2,1-4H3/p+1. The van der Waals surface area contributed by atoms with Crippen LogP contribution in [0.25, 0.3) is 0 Å². The minimum Gasteiger partial charge on any atom is -0.310 e. The van der Waals surface area contributed by atoms with E-state index in [-0.39, 0.29) is 0 Å². The summed E-state index contributed by atoms with van der Waals surface area (Å²) in [5.74, 6) is 0. The highest BCUT2D eigenvalue weighted by atomic mass is 79.9. The van der Waals surface area contributed by atoms with E-state index >= 15 is 0 Å². The first-order chi connectivity index (χ1) is 9.38. The summed E-state index contributed by atoms with van der Waals surface area (Å²) >= 11 is 7.24. The summed E-state index contributed by atoms with van der Waals surface area (Å²) in [6, 6.07) is 8.98. The molecule has 2 rings (SSSR count). The Labute approximate surface area is 138 Å². The molecule has 0 aliphatic heterocycles. The summed E-state index contributed by atoms with van der Waals surface area (Å²) in [4.78, 5) is 0. The van der Waals surface area contributed by atoms with Gasteiger partial charge >= 0.3 is 0 Å². The molecule has 0 atom stereocenters. The number of benzene rings is 2. The molecule has 0 fully saturated rings. The predicted octanol–water partition coefficient (Wildman–Crippen LogP) is 4.84. The van der Waals surface area contributed by atoms with Crippen LogP contribution in [0.3, 0.4) is 0 Å². The van der Waals surface area contributed by atoms with E-state index in [1.54, 1.807) is 0 Å². The van der Waals surface area contributed by atoms with Crippen LogP contribution in [0, 0.1) is 27.7 Å². The van der Waals surface area contributed by atoms with Gasteiger partial charge in [-0.15, -0.1) is 0 Å². The maximum atomic E-state index is 3.62. The molecule has 0 aromatic heterocycles. The molecule has 0 aliphatic carbocycles. The second-order valence-electron chi connectivity index (χ2n) is 5.42. The molecule has 0 aliphatic rings. The van der Waals surface area contributed by atoms with Crippen molar-refractivity contribution in [1.29, 1.82) is 0 Å². The van der Waals surface area contributed by atoms with E-state index in [0.29, 0.717) is 0 Å². The maximum absolute atomic E-state index is 3.62. The Morgan fingerprint density at radius 3 is 1.60 bits per heavy atom.